The topological polar surface area (TPSA) is 50.4 Å². The van der Waals surface area contributed by atoms with E-state index in [1.807, 2.05) is 0 Å². The molecule has 3 nitrogen and oxygen atoms in total. The van der Waals surface area contributed by atoms with Crippen molar-refractivity contribution in [3.63, 3.8) is 0 Å². The van der Waals surface area contributed by atoms with Crippen molar-refractivity contribution >= 4 is 23.2 Å². The van der Waals surface area contributed by atoms with Gasteiger partial charge in [-0.1, -0.05) is 0 Å². The Labute approximate surface area is 54.0 Å². The minimum absolute atomic E-state index is 0.258. The summed E-state index contributed by atoms with van der Waals surface area (Å²) in [4.78, 5) is 3.77. The van der Waals surface area contributed by atoms with Crippen LogP contribution in [0.2, 0.25) is 0 Å². The van der Waals surface area contributed by atoms with Crippen LogP contribution in [0.5, 0.6) is 0 Å². The van der Waals surface area contributed by atoms with Crippen molar-refractivity contribution in [1.82, 2.24) is 5.32 Å². The molecule has 0 aliphatic carbocycles. The minimum atomic E-state index is 0.258. The van der Waals surface area contributed by atoms with Crippen LogP contribution in [-0.4, -0.2) is 18.0 Å². The number of amidine groups is 1. The maximum absolute atomic E-state index is 5.11. The maximum atomic E-state index is 5.11. The molecule has 0 fully saturated rings. The molecule has 0 radical (unpaired) electrons. The van der Waals surface area contributed by atoms with Crippen molar-refractivity contribution in [3.8, 4) is 0 Å². The molecule has 0 heterocycles. The van der Waals surface area contributed by atoms with Crippen LogP contribution in [0.25, 0.3) is 0 Å². The standard InChI is InChI=1S/C4H9N3S/c1-3(6-2)7-4(5)8/h1-2H3,(H3,5,6,7,8). The van der Waals surface area contributed by atoms with Crippen molar-refractivity contribution in [2.45, 2.75) is 6.92 Å². The molecule has 0 saturated carbocycles. The third kappa shape index (κ3) is 3.55. The highest BCUT2D eigenvalue weighted by Gasteiger charge is 1.85. The predicted octanol–water partition coefficient (Wildman–Crippen LogP) is -0.132. The van der Waals surface area contributed by atoms with Crippen molar-refractivity contribution in [2.75, 3.05) is 7.05 Å². The number of rotatable bonds is 0. The summed E-state index contributed by atoms with van der Waals surface area (Å²) in [5, 5.41) is 2.91. The minimum Gasteiger partial charge on any atom is -0.376 e. The molecule has 0 aromatic heterocycles. The first kappa shape index (κ1) is 7.36. The third-order valence-electron chi connectivity index (χ3n) is 0.640. The molecule has 0 rings (SSSR count). The van der Waals surface area contributed by atoms with Crippen molar-refractivity contribution in [1.29, 1.82) is 0 Å². The summed E-state index contributed by atoms with van der Waals surface area (Å²) >= 11 is 4.52. The van der Waals surface area contributed by atoms with E-state index in [0.29, 0.717) is 0 Å². The average molecular weight is 131 g/mol. The Kier molecular flexibility index (Phi) is 3.10. The zero-order valence-corrected chi connectivity index (χ0v) is 5.75. The fourth-order valence-electron chi connectivity index (χ4n) is 0.234. The van der Waals surface area contributed by atoms with Gasteiger partial charge >= 0.3 is 0 Å². The first-order valence-electron chi connectivity index (χ1n) is 2.16. The van der Waals surface area contributed by atoms with Gasteiger partial charge in [-0.3, -0.25) is 4.99 Å². The fraction of sp³-hybridized carbons (Fsp3) is 0.500. The van der Waals surface area contributed by atoms with E-state index >= 15 is 0 Å². The van der Waals surface area contributed by atoms with Crippen molar-refractivity contribution in [2.24, 2.45) is 10.7 Å². The molecule has 0 aromatic rings. The second-order valence-corrected chi connectivity index (χ2v) is 1.74. The maximum Gasteiger partial charge on any atom is 0.169 e. The molecular formula is C4H9N3S. The zero-order valence-electron chi connectivity index (χ0n) is 4.93. The van der Waals surface area contributed by atoms with Gasteiger partial charge in [-0.2, -0.15) is 0 Å². The highest BCUT2D eigenvalue weighted by molar-refractivity contribution is 7.80. The van der Waals surface area contributed by atoms with Crippen molar-refractivity contribution < 1.29 is 0 Å². The molecular weight excluding hydrogens is 122 g/mol. The Morgan fingerprint density at radius 1 is 1.75 bits per heavy atom. The van der Waals surface area contributed by atoms with Gasteiger partial charge in [-0.15, -0.1) is 0 Å². The van der Waals surface area contributed by atoms with Gasteiger partial charge in [0.05, 0.1) is 5.84 Å². The lowest BCUT2D eigenvalue weighted by molar-refractivity contribution is 1.27. The molecule has 46 valence electrons. The van der Waals surface area contributed by atoms with Gasteiger partial charge < -0.3 is 11.1 Å². The van der Waals surface area contributed by atoms with Gasteiger partial charge in [0.25, 0.3) is 0 Å². The summed E-state index contributed by atoms with van der Waals surface area (Å²) in [7, 11) is 1.67. The van der Waals surface area contributed by atoms with Gasteiger partial charge in [-0.25, -0.2) is 0 Å². The zero-order chi connectivity index (χ0) is 6.57. The van der Waals surface area contributed by atoms with E-state index in [-0.39, 0.29) is 5.11 Å². The normalized spacial score (nSPS) is 11.0. The lowest BCUT2D eigenvalue weighted by Gasteiger charge is -1.98. The lowest BCUT2D eigenvalue weighted by atomic mass is 10.7. The van der Waals surface area contributed by atoms with Crippen LogP contribution in [-0.2, 0) is 0 Å². The predicted molar refractivity (Wildman–Crippen MR) is 39.0 cm³/mol. The summed E-state index contributed by atoms with van der Waals surface area (Å²) in [6.07, 6.45) is 0. The van der Waals surface area contributed by atoms with Crippen LogP contribution >= 0.6 is 12.2 Å². The van der Waals surface area contributed by atoms with E-state index in [0.717, 1.165) is 5.84 Å². The third-order valence-corrected chi connectivity index (χ3v) is 0.742. The number of thiocarbonyl (C=S) groups is 1. The summed E-state index contributed by atoms with van der Waals surface area (Å²) < 4.78 is 0. The van der Waals surface area contributed by atoms with Gasteiger partial charge in [0.15, 0.2) is 5.11 Å². The average Bonchev–Trinajstić information content (AvgIpc) is 1.65. The molecule has 0 spiro atoms. The van der Waals surface area contributed by atoms with Crippen molar-refractivity contribution in [3.05, 3.63) is 0 Å². The Hall–Kier alpha value is -0.640. The Morgan fingerprint density at radius 3 is 2.38 bits per heavy atom. The van der Waals surface area contributed by atoms with Crippen LogP contribution in [0.1, 0.15) is 6.92 Å². The Balaban J connectivity index is 3.56. The van der Waals surface area contributed by atoms with E-state index in [2.05, 4.69) is 22.5 Å². The van der Waals surface area contributed by atoms with Gasteiger partial charge in [0.1, 0.15) is 0 Å². The van der Waals surface area contributed by atoms with Crippen LogP contribution in [0.15, 0.2) is 4.99 Å². The van der Waals surface area contributed by atoms with Crippen LogP contribution < -0.4 is 11.1 Å². The van der Waals surface area contributed by atoms with Gasteiger partial charge in [0.2, 0.25) is 0 Å². The Bertz CT molecular complexity index is 118. The summed E-state index contributed by atoms with van der Waals surface area (Å²) in [5.74, 6) is 0.734. The quantitative estimate of drug-likeness (QED) is 0.273. The molecule has 4 heteroatoms. The molecule has 3 N–H and O–H groups in total. The monoisotopic (exact) mass is 131 g/mol. The number of aliphatic imine (C=N–C) groups is 1. The van der Waals surface area contributed by atoms with E-state index < -0.39 is 0 Å². The van der Waals surface area contributed by atoms with Gasteiger partial charge in [-0.05, 0) is 19.1 Å². The van der Waals surface area contributed by atoms with E-state index in [4.69, 9.17) is 5.73 Å². The molecule has 0 aliphatic rings. The van der Waals surface area contributed by atoms with Crippen LogP contribution in [0.4, 0.5) is 0 Å². The van der Waals surface area contributed by atoms with Crippen LogP contribution in [0.3, 0.4) is 0 Å². The highest BCUT2D eigenvalue weighted by Crippen LogP contribution is 1.65. The molecule has 8 heavy (non-hydrogen) atoms. The molecule has 0 amide bonds. The summed E-state index contributed by atoms with van der Waals surface area (Å²) in [5.41, 5.74) is 5.11. The number of hydrogen-bond acceptors (Lipinski definition) is 2. The number of hydrogen-bond donors (Lipinski definition) is 2. The number of nitrogens with one attached hydrogen (secondary N) is 1. The smallest absolute Gasteiger partial charge is 0.169 e. The SMILES string of the molecule is CN=C(C)NC(N)=S. The largest absolute Gasteiger partial charge is 0.376 e. The molecule has 0 atom stereocenters. The van der Waals surface area contributed by atoms with E-state index in [1.165, 1.54) is 0 Å². The molecule has 0 aromatic carbocycles. The van der Waals surface area contributed by atoms with Crippen LogP contribution in [0, 0.1) is 0 Å². The molecule has 0 unspecified atom stereocenters. The lowest BCUT2D eigenvalue weighted by Crippen LogP contribution is -2.32. The van der Waals surface area contributed by atoms with E-state index in [9.17, 15) is 0 Å². The first-order chi connectivity index (χ1) is 3.66. The highest BCUT2D eigenvalue weighted by atomic mass is 32.1. The fourth-order valence-corrected chi connectivity index (χ4v) is 0.382. The van der Waals surface area contributed by atoms with E-state index in [1.54, 1.807) is 14.0 Å². The first-order valence-corrected chi connectivity index (χ1v) is 2.57. The van der Waals surface area contributed by atoms with Gasteiger partial charge in [0, 0.05) is 7.05 Å². The second-order valence-electron chi connectivity index (χ2n) is 1.30. The summed E-state index contributed by atoms with van der Waals surface area (Å²) in [6, 6.07) is 0. The molecule has 0 aliphatic heterocycles. The number of nitrogens with two attached hydrogens (primary N) is 1. The molecule has 0 saturated heterocycles. The molecule has 0 bridgehead atoms. The summed E-state index contributed by atoms with van der Waals surface area (Å²) in [6.45, 7) is 1.79. The Morgan fingerprint density at radius 2 is 2.25 bits per heavy atom. The second kappa shape index (κ2) is 3.37. The number of nitrogens with zero attached hydrogens (tertiary/aromatic N) is 1.